The van der Waals surface area contributed by atoms with Crippen LogP contribution >= 0.6 is 0 Å². The van der Waals surface area contributed by atoms with Gasteiger partial charge in [0.25, 0.3) is 0 Å². The normalized spacial score (nSPS) is 22.1. The molecule has 3 saturated heterocycles. The van der Waals surface area contributed by atoms with Crippen LogP contribution in [0.4, 0.5) is 10.6 Å². The lowest BCUT2D eigenvalue weighted by Gasteiger charge is -2.44. The minimum Gasteiger partial charge on any atom is -0.322 e. The predicted molar refractivity (Wildman–Crippen MR) is 127 cm³/mol. The molecule has 0 saturated carbocycles. The van der Waals surface area contributed by atoms with Gasteiger partial charge in [0.05, 0.1) is 5.69 Å². The molecule has 0 radical (unpaired) electrons. The average Bonchev–Trinajstić information content (AvgIpc) is 2.85. The first-order valence-corrected chi connectivity index (χ1v) is 11.8. The maximum atomic E-state index is 12.6. The van der Waals surface area contributed by atoms with Gasteiger partial charge < -0.3 is 15.5 Å². The highest BCUT2D eigenvalue weighted by Gasteiger charge is 2.28. The number of nitrogens with zero attached hydrogens (tertiary/aromatic N) is 5. The molecular weight excluding hydrogens is 420 g/mol. The standard InChI is InChI=1S/C23H32N8O2/c32-22(30-11-6-24-7-12-30)26-21-5-9-31(23(33)27-21)19-3-1-18(2-4-19)16-28-13-14-29-10-8-25-15-20(29)17-28/h1-5,9,20,24-25H,6-8,10-17H2,(H,26,27,32,33). The van der Waals surface area contributed by atoms with Crippen LogP contribution in [0, 0.1) is 0 Å². The number of benzene rings is 1. The second-order valence-corrected chi connectivity index (χ2v) is 8.93. The van der Waals surface area contributed by atoms with E-state index in [0.717, 1.165) is 64.6 Å². The summed E-state index contributed by atoms with van der Waals surface area (Å²) in [4.78, 5) is 35.8. The molecule has 10 nitrogen and oxygen atoms in total. The first-order valence-electron chi connectivity index (χ1n) is 11.8. The van der Waals surface area contributed by atoms with Gasteiger partial charge in [-0.2, -0.15) is 4.98 Å². The highest BCUT2D eigenvalue weighted by atomic mass is 16.2. The highest BCUT2D eigenvalue weighted by molar-refractivity contribution is 5.88. The summed E-state index contributed by atoms with van der Waals surface area (Å²) in [5.74, 6) is 0.271. The number of carbonyl (C=O) groups is 1. The van der Waals surface area contributed by atoms with Crippen molar-refractivity contribution in [2.75, 3.05) is 70.8 Å². The van der Waals surface area contributed by atoms with E-state index in [1.807, 2.05) is 12.1 Å². The maximum absolute atomic E-state index is 12.6. The fraction of sp³-hybridized carbons (Fsp3) is 0.522. The van der Waals surface area contributed by atoms with Gasteiger partial charge in [0.2, 0.25) is 0 Å². The molecule has 3 fully saturated rings. The molecule has 3 aliphatic rings. The Kier molecular flexibility index (Phi) is 6.68. The zero-order chi connectivity index (χ0) is 22.6. The molecule has 10 heteroatoms. The van der Waals surface area contributed by atoms with Crippen LogP contribution in [0.5, 0.6) is 0 Å². The van der Waals surface area contributed by atoms with E-state index in [1.165, 1.54) is 10.1 Å². The van der Waals surface area contributed by atoms with Crippen LogP contribution in [-0.4, -0.2) is 102 Å². The molecule has 3 aliphatic heterocycles. The SMILES string of the molecule is O=C(Nc1ccn(-c2ccc(CN3CCN4CCNCC4C3)cc2)c(=O)n1)N1CCNCC1. The van der Waals surface area contributed by atoms with Gasteiger partial charge in [-0.25, -0.2) is 9.59 Å². The van der Waals surface area contributed by atoms with Crippen molar-refractivity contribution >= 4 is 11.8 Å². The van der Waals surface area contributed by atoms with Crippen LogP contribution in [0.25, 0.3) is 5.69 Å². The largest absolute Gasteiger partial charge is 0.354 e. The lowest BCUT2D eigenvalue weighted by atomic mass is 10.1. The van der Waals surface area contributed by atoms with Gasteiger partial charge in [-0.3, -0.25) is 19.7 Å². The average molecular weight is 453 g/mol. The van der Waals surface area contributed by atoms with Gasteiger partial charge in [0.15, 0.2) is 0 Å². The molecule has 1 aromatic heterocycles. The van der Waals surface area contributed by atoms with Gasteiger partial charge in [-0.05, 0) is 23.8 Å². The fourth-order valence-corrected chi connectivity index (χ4v) is 4.83. The number of nitrogens with one attached hydrogen (secondary N) is 3. The molecule has 1 atom stereocenters. The third-order valence-corrected chi connectivity index (χ3v) is 6.71. The third-order valence-electron chi connectivity index (χ3n) is 6.71. The number of aromatic nitrogens is 2. The lowest BCUT2D eigenvalue weighted by Crippen LogP contribution is -2.60. The van der Waals surface area contributed by atoms with Crippen LogP contribution in [0.2, 0.25) is 0 Å². The second-order valence-electron chi connectivity index (χ2n) is 8.93. The number of hydrogen-bond donors (Lipinski definition) is 3. The number of fused-ring (bicyclic) bond motifs is 1. The van der Waals surface area contributed by atoms with Crippen molar-refractivity contribution in [1.29, 1.82) is 0 Å². The molecule has 3 N–H and O–H groups in total. The summed E-state index contributed by atoms with van der Waals surface area (Å²) in [6.45, 7) is 10.3. The number of piperazine rings is 3. The molecule has 0 aliphatic carbocycles. The first kappa shape index (κ1) is 22.0. The molecule has 5 rings (SSSR count). The molecule has 33 heavy (non-hydrogen) atoms. The topological polar surface area (TPSA) is 97.8 Å². The van der Waals surface area contributed by atoms with Crippen molar-refractivity contribution in [3.63, 3.8) is 0 Å². The Bertz CT molecular complexity index is 1020. The van der Waals surface area contributed by atoms with E-state index in [2.05, 4.69) is 42.9 Å². The fourth-order valence-electron chi connectivity index (χ4n) is 4.83. The van der Waals surface area contributed by atoms with Crippen LogP contribution < -0.4 is 21.6 Å². The monoisotopic (exact) mass is 452 g/mol. The smallest absolute Gasteiger partial charge is 0.322 e. The van der Waals surface area contributed by atoms with E-state index in [-0.39, 0.29) is 11.8 Å². The molecule has 2 aromatic rings. The van der Waals surface area contributed by atoms with Gasteiger partial charge in [0.1, 0.15) is 5.82 Å². The van der Waals surface area contributed by atoms with Crippen molar-refractivity contribution in [2.45, 2.75) is 12.6 Å². The molecule has 2 amide bonds. The molecule has 0 spiro atoms. The number of amides is 2. The maximum Gasteiger partial charge on any atom is 0.354 e. The summed E-state index contributed by atoms with van der Waals surface area (Å²) in [7, 11) is 0. The number of urea groups is 1. The second kappa shape index (κ2) is 10.0. The Morgan fingerprint density at radius 1 is 1.00 bits per heavy atom. The number of carbonyl (C=O) groups excluding carboxylic acids is 1. The van der Waals surface area contributed by atoms with Crippen LogP contribution in [0.1, 0.15) is 5.56 Å². The third kappa shape index (κ3) is 5.25. The minimum atomic E-state index is -0.415. The predicted octanol–water partition coefficient (Wildman–Crippen LogP) is -0.241. The van der Waals surface area contributed by atoms with Gasteiger partial charge in [-0.1, -0.05) is 12.1 Å². The Labute approximate surface area is 193 Å². The van der Waals surface area contributed by atoms with E-state index >= 15 is 0 Å². The molecule has 176 valence electrons. The van der Waals surface area contributed by atoms with Gasteiger partial charge >= 0.3 is 11.7 Å². The van der Waals surface area contributed by atoms with E-state index in [4.69, 9.17) is 0 Å². The number of anilines is 1. The molecular formula is C23H32N8O2. The lowest BCUT2D eigenvalue weighted by molar-refractivity contribution is 0.0541. The van der Waals surface area contributed by atoms with Crippen molar-refractivity contribution in [3.8, 4) is 5.69 Å². The summed E-state index contributed by atoms with van der Waals surface area (Å²) < 4.78 is 1.50. The van der Waals surface area contributed by atoms with Crippen LogP contribution in [0.3, 0.4) is 0 Å². The number of hydrogen-bond acceptors (Lipinski definition) is 7. The van der Waals surface area contributed by atoms with E-state index < -0.39 is 5.69 Å². The van der Waals surface area contributed by atoms with Crippen LogP contribution in [-0.2, 0) is 6.54 Å². The van der Waals surface area contributed by atoms with Crippen molar-refractivity contribution < 1.29 is 4.79 Å². The van der Waals surface area contributed by atoms with Crippen molar-refractivity contribution in [2.24, 2.45) is 0 Å². The van der Waals surface area contributed by atoms with E-state index in [9.17, 15) is 9.59 Å². The molecule has 0 bridgehead atoms. The Balaban J connectivity index is 1.20. The number of rotatable bonds is 4. The van der Waals surface area contributed by atoms with E-state index in [0.29, 0.717) is 19.1 Å². The summed E-state index contributed by atoms with van der Waals surface area (Å²) in [6, 6.07) is 10.1. The molecule has 1 unspecified atom stereocenters. The summed E-state index contributed by atoms with van der Waals surface area (Å²) in [5, 5.41) is 9.43. The Morgan fingerprint density at radius 3 is 2.58 bits per heavy atom. The van der Waals surface area contributed by atoms with Crippen molar-refractivity contribution in [3.05, 3.63) is 52.6 Å². The van der Waals surface area contributed by atoms with Gasteiger partial charge in [0, 0.05) is 84.2 Å². The van der Waals surface area contributed by atoms with Crippen LogP contribution in [0.15, 0.2) is 41.3 Å². The zero-order valence-corrected chi connectivity index (χ0v) is 18.9. The summed E-state index contributed by atoms with van der Waals surface area (Å²) in [6.07, 6.45) is 1.66. The van der Waals surface area contributed by atoms with Crippen molar-refractivity contribution in [1.82, 2.24) is 34.9 Å². The van der Waals surface area contributed by atoms with Gasteiger partial charge in [-0.15, -0.1) is 0 Å². The first-order chi connectivity index (χ1) is 16.2. The zero-order valence-electron chi connectivity index (χ0n) is 18.9. The molecule has 1 aromatic carbocycles. The highest BCUT2D eigenvalue weighted by Crippen LogP contribution is 2.16. The van der Waals surface area contributed by atoms with E-state index in [1.54, 1.807) is 17.2 Å². The minimum absolute atomic E-state index is 0.227. The molecule has 4 heterocycles. The summed E-state index contributed by atoms with van der Waals surface area (Å²) in [5.41, 5.74) is 1.58. The Morgan fingerprint density at radius 2 is 1.79 bits per heavy atom. The summed E-state index contributed by atoms with van der Waals surface area (Å²) >= 11 is 0. The Hall–Kier alpha value is -2.79. The quantitative estimate of drug-likeness (QED) is 0.589.